The lowest BCUT2D eigenvalue weighted by Crippen LogP contribution is -2.49. The highest BCUT2D eigenvalue weighted by molar-refractivity contribution is 7.22. The van der Waals surface area contributed by atoms with E-state index in [2.05, 4.69) is 10.3 Å². The number of halogens is 1. The third-order valence-electron chi connectivity index (χ3n) is 5.35. The molecule has 2 amide bonds. The molecule has 30 heavy (non-hydrogen) atoms. The number of aromatic amines is 1. The van der Waals surface area contributed by atoms with Crippen LogP contribution < -0.4 is 5.32 Å². The lowest BCUT2D eigenvalue weighted by molar-refractivity contribution is -0.132. The van der Waals surface area contributed by atoms with E-state index in [-0.39, 0.29) is 19.0 Å². The molecule has 9 heteroatoms. The second kappa shape index (κ2) is 8.39. The van der Waals surface area contributed by atoms with E-state index in [9.17, 15) is 19.8 Å². The molecule has 0 aliphatic carbocycles. The smallest absolute Gasteiger partial charge is 0.268 e. The number of aromatic nitrogens is 1. The Balaban J connectivity index is 1.56. The Labute approximate surface area is 182 Å². The van der Waals surface area contributed by atoms with Gasteiger partial charge in [-0.2, -0.15) is 0 Å². The maximum absolute atomic E-state index is 13.1. The number of carbonyl (C=O) groups is 2. The topological polar surface area (TPSA) is 106 Å². The minimum absolute atomic E-state index is 0.0388. The third-order valence-corrected chi connectivity index (χ3v) is 6.89. The fourth-order valence-corrected chi connectivity index (χ4v) is 4.92. The number of hydrogen-bond acceptors (Lipinski definition) is 5. The molecule has 3 aromatic rings. The zero-order valence-electron chi connectivity index (χ0n) is 16.3. The van der Waals surface area contributed by atoms with Crippen LogP contribution in [0.3, 0.4) is 0 Å². The Morgan fingerprint density at radius 1 is 1.27 bits per heavy atom. The standard InChI is InChI=1S/C21H22ClN3O4S/c1-11-18-17(30-19(11)22)8-13(23-18)20(28)24-14(7-12-5-3-2-4-6-12)21(29)25-9-15(26)16(27)10-25/h2-6,8,14-16,23,26-27H,7,9-10H2,1H3,(H,24,28)/t14-,15-,16+/m0/s1. The van der Waals surface area contributed by atoms with Crippen LogP contribution in [0.25, 0.3) is 10.2 Å². The SMILES string of the molecule is Cc1c(Cl)sc2cc(C(=O)N[C@@H](Cc3ccccc3)C(=O)N3C[C@@H](O)[C@@H](O)C3)[nH]c12. The molecule has 7 nitrogen and oxygen atoms in total. The van der Waals surface area contributed by atoms with Gasteiger partial charge in [0.25, 0.3) is 5.91 Å². The number of nitrogens with zero attached hydrogens (tertiary/aromatic N) is 1. The molecule has 3 atom stereocenters. The quantitative estimate of drug-likeness (QED) is 0.480. The van der Waals surface area contributed by atoms with E-state index < -0.39 is 24.2 Å². The van der Waals surface area contributed by atoms with Crippen molar-refractivity contribution in [2.24, 2.45) is 0 Å². The van der Waals surface area contributed by atoms with Crippen molar-refractivity contribution in [3.63, 3.8) is 0 Å². The number of likely N-dealkylation sites (tertiary alicyclic amines) is 1. The number of aryl methyl sites for hydroxylation is 1. The number of rotatable bonds is 5. The van der Waals surface area contributed by atoms with Crippen molar-refractivity contribution >= 4 is 45.0 Å². The van der Waals surface area contributed by atoms with Gasteiger partial charge in [-0.15, -0.1) is 11.3 Å². The average molecular weight is 448 g/mol. The van der Waals surface area contributed by atoms with E-state index in [1.165, 1.54) is 16.2 Å². The number of amides is 2. The molecule has 1 fully saturated rings. The summed E-state index contributed by atoms with van der Waals surface area (Å²) in [5, 5.41) is 22.4. The van der Waals surface area contributed by atoms with Crippen molar-refractivity contribution in [2.75, 3.05) is 13.1 Å². The number of thiophene rings is 1. The molecule has 0 bridgehead atoms. The first kappa shape index (κ1) is 20.9. The predicted octanol–water partition coefficient (Wildman–Crippen LogP) is 2.10. The van der Waals surface area contributed by atoms with Crippen LogP contribution in [0.15, 0.2) is 36.4 Å². The number of aliphatic hydroxyl groups is 2. The van der Waals surface area contributed by atoms with Crippen molar-refractivity contribution < 1.29 is 19.8 Å². The minimum atomic E-state index is -0.982. The van der Waals surface area contributed by atoms with Gasteiger partial charge < -0.3 is 25.4 Å². The Bertz CT molecular complexity index is 1070. The summed E-state index contributed by atoms with van der Waals surface area (Å²) in [6, 6.07) is 10.3. The lowest BCUT2D eigenvalue weighted by Gasteiger charge is -2.24. The highest BCUT2D eigenvalue weighted by Crippen LogP contribution is 2.34. The number of hydrogen-bond donors (Lipinski definition) is 4. The Hall–Kier alpha value is -2.39. The normalized spacial score (nSPS) is 19.9. The van der Waals surface area contributed by atoms with E-state index in [0.29, 0.717) is 16.5 Å². The van der Waals surface area contributed by atoms with Gasteiger partial charge in [0.2, 0.25) is 5.91 Å². The van der Waals surface area contributed by atoms with Gasteiger partial charge >= 0.3 is 0 Å². The van der Waals surface area contributed by atoms with E-state index >= 15 is 0 Å². The summed E-state index contributed by atoms with van der Waals surface area (Å²) in [6.07, 6.45) is -1.66. The van der Waals surface area contributed by atoms with E-state index in [4.69, 9.17) is 11.6 Å². The monoisotopic (exact) mass is 447 g/mol. The molecule has 2 aromatic heterocycles. The summed E-state index contributed by atoms with van der Waals surface area (Å²) in [5.41, 5.74) is 2.94. The predicted molar refractivity (Wildman–Crippen MR) is 116 cm³/mol. The molecule has 1 aliphatic heterocycles. The minimum Gasteiger partial charge on any atom is -0.388 e. The zero-order chi connectivity index (χ0) is 21.4. The number of β-amino-alcohol motifs (C(OH)–C–C–N with tert-alkyl or cyclic N) is 2. The molecule has 0 saturated carbocycles. The van der Waals surface area contributed by atoms with Gasteiger partial charge in [-0.3, -0.25) is 9.59 Å². The molecular formula is C21H22ClN3O4S. The first-order chi connectivity index (χ1) is 14.3. The largest absolute Gasteiger partial charge is 0.388 e. The lowest BCUT2D eigenvalue weighted by atomic mass is 10.0. The Morgan fingerprint density at radius 3 is 2.57 bits per heavy atom. The Morgan fingerprint density at radius 2 is 1.93 bits per heavy atom. The van der Waals surface area contributed by atoms with Crippen molar-refractivity contribution in [3.05, 3.63) is 57.6 Å². The summed E-state index contributed by atoms with van der Waals surface area (Å²) >= 11 is 7.53. The summed E-state index contributed by atoms with van der Waals surface area (Å²) in [7, 11) is 0. The average Bonchev–Trinajstić information content (AvgIpc) is 3.37. The van der Waals surface area contributed by atoms with E-state index in [0.717, 1.165) is 21.3 Å². The summed E-state index contributed by atoms with van der Waals surface area (Å²) in [4.78, 5) is 30.5. The number of nitrogens with one attached hydrogen (secondary N) is 2. The molecule has 1 aromatic carbocycles. The molecular weight excluding hydrogens is 426 g/mol. The molecule has 1 saturated heterocycles. The molecule has 4 rings (SSSR count). The molecule has 0 spiro atoms. The van der Waals surface area contributed by atoms with E-state index in [1.807, 2.05) is 37.3 Å². The van der Waals surface area contributed by atoms with Crippen molar-refractivity contribution in [1.82, 2.24) is 15.2 Å². The van der Waals surface area contributed by atoms with Crippen LogP contribution in [0.5, 0.6) is 0 Å². The molecule has 1 aliphatic rings. The van der Waals surface area contributed by atoms with Crippen LogP contribution in [-0.4, -0.2) is 63.3 Å². The number of carbonyl (C=O) groups excluding carboxylic acids is 2. The first-order valence-electron chi connectivity index (χ1n) is 9.60. The fourth-order valence-electron chi connectivity index (χ4n) is 3.64. The zero-order valence-corrected chi connectivity index (χ0v) is 17.8. The van der Waals surface area contributed by atoms with Gasteiger partial charge in [-0.25, -0.2) is 0 Å². The second-order valence-electron chi connectivity index (χ2n) is 7.52. The number of fused-ring (bicyclic) bond motifs is 1. The molecule has 158 valence electrons. The maximum atomic E-state index is 13.1. The third kappa shape index (κ3) is 4.09. The second-order valence-corrected chi connectivity index (χ2v) is 9.17. The van der Waals surface area contributed by atoms with Gasteiger partial charge in [-0.05, 0) is 18.6 Å². The number of aliphatic hydroxyl groups excluding tert-OH is 2. The van der Waals surface area contributed by atoms with Crippen LogP contribution in [0.1, 0.15) is 21.6 Å². The molecule has 0 radical (unpaired) electrons. The summed E-state index contributed by atoms with van der Waals surface area (Å²) < 4.78 is 1.55. The van der Waals surface area contributed by atoms with Crippen LogP contribution in [0.2, 0.25) is 4.34 Å². The van der Waals surface area contributed by atoms with Crippen LogP contribution in [0.4, 0.5) is 0 Å². The summed E-state index contributed by atoms with van der Waals surface area (Å²) in [6.45, 7) is 1.96. The van der Waals surface area contributed by atoms with Crippen LogP contribution >= 0.6 is 22.9 Å². The highest BCUT2D eigenvalue weighted by Gasteiger charge is 2.36. The van der Waals surface area contributed by atoms with Crippen LogP contribution in [0, 0.1) is 6.92 Å². The van der Waals surface area contributed by atoms with Gasteiger partial charge in [0.15, 0.2) is 0 Å². The molecule has 3 heterocycles. The molecule has 4 N–H and O–H groups in total. The van der Waals surface area contributed by atoms with Gasteiger partial charge in [0.1, 0.15) is 11.7 Å². The van der Waals surface area contributed by atoms with Gasteiger partial charge in [0, 0.05) is 25.1 Å². The van der Waals surface area contributed by atoms with Crippen LogP contribution in [-0.2, 0) is 11.2 Å². The van der Waals surface area contributed by atoms with Crippen molar-refractivity contribution in [1.29, 1.82) is 0 Å². The van der Waals surface area contributed by atoms with E-state index in [1.54, 1.807) is 6.07 Å². The van der Waals surface area contributed by atoms with Gasteiger partial charge in [0.05, 0.1) is 26.8 Å². The van der Waals surface area contributed by atoms with Crippen molar-refractivity contribution in [3.8, 4) is 0 Å². The Kier molecular flexibility index (Phi) is 5.84. The number of benzene rings is 1. The van der Waals surface area contributed by atoms with Gasteiger partial charge in [-0.1, -0.05) is 41.9 Å². The first-order valence-corrected chi connectivity index (χ1v) is 10.8. The summed E-state index contributed by atoms with van der Waals surface area (Å²) in [5.74, 6) is -0.737. The van der Waals surface area contributed by atoms with Crippen molar-refractivity contribution in [2.45, 2.75) is 31.6 Å². The fraction of sp³-hybridized carbons (Fsp3) is 0.333. The number of H-pyrrole nitrogens is 1. The molecule has 0 unspecified atom stereocenters. The maximum Gasteiger partial charge on any atom is 0.268 e. The highest BCUT2D eigenvalue weighted by atomic mass is 35.5.